The van der Waals surface area contributed by atoms with E-state index in [1.807, 2.05) is 0 Å². The van der Waals surface area contributed by atoms with Crippen molar-refractivity contribution in [2.45, 2.75) is 6.92 Å². The first-order valence-corrected chi connectivity index (χ1v) is 3.02. The lowest BCUT2D eigenvalue weighted by Gasteiger charge is -1.91. The molecule has 3 nitrogen and oxygen atoms in total. The number of rotatable bonds is 2. The van der Waals surface area contributed by atoms with Crippen LogP contribution in [0.5, 0.6) is 0 Å². The van der Waals surface area contributed by atoms with Crippen LogP contribution in [-0.2, 0) is 0 Å². The molecule has 0 rings (SSSR count). The second kappa shape index (κ2) is 3.95. The molecule has 0 aromatic carbocycles. The molecule has 0 bridgehead atoms. The van der Waals surface area contributed by atoms with Crippen molar-refractivity contribution in [1.82, 2.24) is 0 Å². The van der Waals surface area contributed by atoms with Crippen molar-refractivity contribution in [1.29, 1.82) is 0 Å². The Balaban J connectivity index is 4.22. The van der Waals surface area contributed by atoms with Gasteiger partial charge in [0.2, 0.25) is 0 Å². The van der Waals surface area contributed by atoms with Crippen molar-refractivity contribution in [2.24, 2.45) is 16.5 Å². The lowest BCUT2D eigenvalue weighted by molar-refractivity contribution is 1.26. The minimum absolute atomic E-state index is 0.183. The SMILES string of the molecule is C=C(N)/N=C(C)\C=C(/N)Cl. The van der Waals surface area contributed by atoms with Gasteiger partial charge in [-0.3, -0.25) is 0 Å². The van der Waals surface area contributed by atoms with E-state index in [4.69, 9.17) is 23.1 Å². The number of halogens is 1. The van der Waals surface area contributed by atoms with E-state index in [1.54, 1.807) is 6.92 Å². The normalized spacial score (nSPS) is 13.4. The van der Waals surface area contributed by atoms with E-state index in [0.717, 1.165) is 0 Å². The molecule has 56 valence electrons. The van der Waals surface area contributed by atoms with Crippen molar-refractivity contribution < 1.29 is 0 Å². The van der Waals surface area contributed by atoms with E-state index in [9.17, 15) is 0 Å². The first kappa shape index (κ1) is 9.04. The van der Waals surface area contributed by atoms with Gasteiger partial charge < -0.3 is 11.5 Å². The minimum atomic E-state index is 0.183. The van der Waals surface area contributed by atoms with Crippen molar-refractivity contribution >= 4 is 17.3 Å². The monoisotopic (exact) mass is 159 g/mol. The van der Waals surface area contributed by atoms with E-state index in [0.29, 0.717) is 5.71 Å². The molecule has 0 heterocycles. The highest BCUT2D eigenvalue weighted by molar-refractivity contribution is 6.30. The van der Waals surface area contributed by atoms with Crippen molar-refractivity contribution in [3.63, 3.8) is 0 Å². The fraction of sp³-hybridized carbons (Fsp3) is 0.167. The Bertz CT molecular complexity index is 189. The summed E-state index contributed by atoms with van der Waals surface area (Å²) in [6, 6.07) is 0. The number of hydrogen-bond acceptors (Lipinski definition) is 3. The smallest absolute Gasteiger partial charge is 0.116 e. The van der Waals surface area contributed by atoms with Gasteiger partial charge in [-0.15, -0.1) is 0 Å². The Kier molecular flexibility index (Phi) is 3.57. The van der Waals surface area contributed by atoms with Crippen molar-refractivity contribution in [3.8, 4) is 0 Å². The van der Waals surface area contributed by atoms with Gasteiger partial charge in [-0.25, -0.2) is 4.99 Å². The van der Waals surface area contributed by atoms with Gasteiger partial charge in [0, 0.05) is 5.71 Å². The third kappa shape index (κ3) is 5.18. The summed E-state index contributed by atoms with van der Waals surface area (Å²) in [5.74, 6) is 0.242. The van der Waals surface area contributed by atoms with Crippen LogP contribution in [0.4, 0.5) is 0 Å². The maximum Gasteiger partial charge on any atom is 0.116 e. The van der Waals surface area contributed by atoms with E-state index < -0.39 is 0 Å². The highest BCUT2D eigenvalue weighted by Gasteiger charge is 1.86. The molecule has 4 heteroatoms. The van der Waals surface area contributed by atoms with Crippen LogP contribution < -0.4 is 11.5 Å². The highest BCUT2D eigenvalue weighted by Crippen LogP contribution is 1.93. The summed E-state index contributed by atoms with van der Waals surface area (Å²) in [4.78, 5) is 3.78. The Morgan fingerprint density at radius 1 is 1.60 bits per heavy atom. The number of hydrogen-bond donors (Lipinski definition) is 2. The number of allylic oxidation sites excluding steroid dienone is 1. The van der Waals surface area contributed by atoms with Crippen LogP contribution in [0.2, 0.25) is 0 Å². The molecule has 0 aliphatic heterocycles. The molecule has 0 aromatic heterocycles. The maximum absolute atomic E-state index is 5.34. The summed E-state index contributed by atoms with van der Waals surface area (Å²) < 4.78 is 0. The fourth-order valence-electron chi connectivity index (χ4n) is 0.458. The van der Waals surface area contributed by atoms with E-state index in [2.05, 4.69) is 11.6 Å². The molecule has 10 heavy (non-hydrogen) atoms. The molecule has 0 aromatic rings. The number of nitrogens with zero attached hydrogens (tertiary/aromatic N) is 1. The van der Waals surface area contributed by atoms with Crippen molar-refractivity contribution in [2.75, 3.05) is 0 Å². The Morgan fingerprint density at radius 3 is 2.40 bits per heavy atom. The standard InChI is InChI=1S/C6H10ClN3/c1-4(3-6(7)9)10-5(2)8/h3H,2,8-9H2,1H3/b6-3-,10-4-. The van der Waals surface area contributed by atoms with E-state index in [-0.39, 0.29) is 11.0 Å². The molecule has 0 aliphatic carbocycles. The lowest BCUT2D eigenvalue weighted by atomic mass is 10.4. The quantitative estimate of drug-likeness (QED) is 0.465. The predicted octanol–water partition coefficient (Wildman–Crippen LogP) is 0.916. The number of nitrogens with two attached hydrogens (primary N) is 2. The van der Waals surface area contributed by atoms with Gasteiger partial charge in [0.05, 0.1) is 0 Å². The van der Waals surface area contributed by atoms with Crippen LogP contribution >= 0.6 is 11.6 Å². The van der Waals surface area contributed by atoms with Gasteiger partial charge in [-0.05, 0) is 13.0 Å². The summed E-state index contributed by atoms with van der Waals surface area (Å²) in [7, 11) is 0. The van der Waals surface area contributed by atoms with Crippen LogP contribution in [0.1, 0.15) is 6.92 Å². The molecule has 0 saturated heterocycles. The highest BCUT2D eigenvalue weighted by atomic mass is 35.5. The second-order valence-corrected chi connectivity index (χ2v) is 2.21. The van der Waals surface area contributed by atoms with Gasteiger partial charge in [-0.2, -0.15) is 0 Å². The Hall–Kier alpha value is -0.960. The number of aliphatic imine (C=N–C) groups is 1. The van der Waals surface area contributed by atoms with Gasteiger partial charge >= 0.3 is 0 Å². The van der Waals surface area contributed by atoms with Crippen molar-refractivity contribution in [3.05, 3.63) is 23.6 Å². The molecule has 0 spiro atoms. The average molecular weight is 160 g/mol. The second-order valence-electron chi connectivity index (χ2n) is 1.77. The topological polar surface area (TPSA) is 64.4 Å². The summed E-state index contributed by atoms with van der Waals surface area (Å²) >= 11 is 5.34. The Morgan fingerprint density at radius 2 is 2.10 bits per heavy atom. The van der Waals surface area contributed by atoms with Gasteiger partial charge in [0.1, 0.15) is 11.0 Å². The van der Waals surface area contributed by atoms with Crippen LogP contribution in [0.25, 0.3) is 0 Å². The molecule has 0 atom stereocenters. The summed E-state index contributed by atoms with van der Waals surface area (Å²) in [6.07, 6.45) is 1.50. The van der Waals surface area contributed by atoms with E-state index in [1.165, 1.54) is 6.08 Å². The third-order valence-electron chi connectivity index (χ3n) is 0.667. The van der Waals surface area contributed by atoms with Gasteiger partial charge in [-0.1, -0.05) is 18.2 Å². The average Bonchev–Trinajstić information content (AvgIpc) is 1.58. The third-order valence-corrected chi connectivity index (χ3v) is 0.776. The van der Waals surface area contributed by atoms with Crippen LogP contribution in [0.15, 0.2) is 28.6 Å². The minimum Gasteiger partial charge on any atom is -0.389 e. The molecule has 0 saturated carbocycles. The van der Waals surface area contributed by atoms with Crippen LogP contribution in [0, 0.1) is 0 Å². The molecule has 0 radical (unpaired) electrons. The first-order chi connectivity index (χ1) is 4.52. The van der Waals surface area contributed by atoms with Crippen LogP contribution in [0.3, 0.4) is 0 Å². The largest absolute Gasteiger partial charge is 0.389 e. The molecular formula is C6H10ClN3. The predicted molar refractivity (Wildman–Crippen MR) is 44.6 cm³/mol. The summed E-state index contributed by atoms with van der Waals surface area (Å²) in [5, 5.41) is 0.183. The van der Waals surface area contributed by atoms with Crippen LogP contribution in [-0.4, -0.2) is 5.71 Å². The van der Waals surface area contributed by atoms with Gasteiger partial charge in [0.15, 0.2) is 0 Å². The summed E-state index contributed by atoms with van der Waals surface area (Å²) in [5.41, 5.74) is 11.0. The molecule has 0 aliphatic rings. The molecular weight excluding hydrogens is 150 g/mol. The molecule has 0 amide bonds. The molecule has 0 unspecified atom stereocenters. The first-order valence-electron chi connectivity index (χ1n) is 2.64. The summed E-state index contributed by atoms with van der Waals surface area (Å²) in [6.45, 7) is 5.11. The Labute approximate surface area is 65.1 Å². The zero-order valence-electron chi connectivity index (χ0n) is 5.76. The maximum atomic E-state index is 5.34. The van der Waals surface area contributed by atoms with Gasteiger partial charge in [0.25, 0.3) is 0 Å². The molecule has 0 fully saturated rings. The van der Waals surface area contributed by atoms with E-state index >= 15 is 0 Å². The fourth-order valence-corrected chi connectivity index (χ4v) is 0.616. The zero-order valence-corrected chi connectivity index (χ0v) is 6.52. The molecule has 4 N–H and O–H groups in total. The zero-order chi connectivity index (χ0) is 8.15. The lowest BCUT2D eigenvalue weighted by Crippen LogP contribution is -1.97.